The van der Waals surface area contributed by atoms with E-state index >= 15 is 0 Å². The number of rotatable bonds is 32. The first kappa shape index (κ1) is 76.8. The van der Waals surface area contributed by atoms with Crippen LogP contribution in [0.2, 0.25) is 0 Å². The molecule has 4 aliphatic rings. The monoisotopic (exact) mass is 1270 g/mol. The molecule has 22 nitrogen and oxygen atoms in total. The molecule has 4 heterocycles. The number of nitrogens with two attached hydrogens (primary N) is 4. The molecule has 0 spiro atoms. The Labute approximate surface area is 498 Å². The molecule has 0 radical (unpaired) electrons. The SMILES string of the molecule is NCC(=O)OCCNC(=O)CCCCC1CCSS1.NCCO.NN.O=C(CCCCC1CCSS1)NCCO.O=C(CCCCC1CCSS1)NCCOC(=O)Oc1ccc([N+](=O)[O-])cc1.O=C(O)CCCCC1CCSS1. The van der Waals surface area contributed by atoms with Gasteiger partial charge in [0.15, 0.2) is 0 Å². The molecule has 4 atom stereocenters. The minimum absolute atomic E-state index is 0.00646. The summed E-state index contributed by atoms with van der Waals surface area (Å²) < 4.78 is 14.5. The molecule has 0 bridgehead atoms. The molecule has 30 heteroatoms. The summed E-state index contributed by atoms with van der Waals surface area (Å²) in [7, 11) is 15.7. The number of hydrogen-bond donors (Lipinski definition) is 10. The fraction of sp³-hybridized carbons (Fsp3) is 0.755. The van der Waals surface area contributed by atoms with Gasteiger partial charge in [-0.1, -0.05) is 112 Å². The van der Waals surface area contributed by atoms with E-state index in [0.717, 1.165) is 78.8 Å². The third kappa shape index (κ3) is 47.9. The van der Waals surface area contributed by atoms with Crippen LogP contribution < -0.4 is 43.8 Å². The maximum Gasteiger partial charge on any atom is 0.513 e. The number of carboxylic acids is 1. The first-order chi connectivity index (χ1) is 38.3. The maximum atomic E-state index is 11.7. The number of ether oxygens (including phenoxy) is 3. The zero-order valence-corrected chi connectivity index (χ0v) is 51.8. The molecule has 4 saturated heterocycles. The molecule has 3 amide bonds. The van der Waals surface area contributed by atoms with Crippen LogP contribution in [0.1, 0.15) is 128 Å². The number of nitrogens with zero attached hydrogens (tertiary/aromatic N) is 1. The summed E-state index contributed by atoms with van der Waals surface area (Å²) in [4.78, 5) is 76.8. The van der Waals surface area contributed by atoms with E-state index in [0.29, 0.717) is 45.3 Å². The van der Waals surface area contributed by atoms with Crippen LogP contribution in [0.5, 0.6) is 5.75 Å². The molecular weight excluding hydrogens is 1180 g/mol. The summed E-state index contributed by atoms with van der Waals surface area (Å²) in [5.41, 5.74) is 9.76. The highest BCUT2D eigenvalue weighted by Crippen LogP contribution is 2.42. The predicted octanol–water partition coefficient (Wildman–Crippen LogP) is 7.61. The molecule has 79 heavy (non-hydrogen) atoms. The van der Waals surface area contributed by atoms with Crippen molar-refractivity contribution >= 4 is 128 Å². The predicted molar refractivity (Wildman–Crippen MR) is 331 cm³/mol. The minimum Gasteiger partial charge on any atom is -0.481 e. The number of esters is 1. The number of nitro benzene ring substituents is 1. The van der Waals surface area contributed by atoms with Crippen LogP contribution in [-0.2, 0) is 33.4 Å². The van der Waals surface area contributed by atoms with Gasteiger partial charge >= 0.3 is 18.1 Å². The molecule has 4 unspecified atom stereocenters. The third-order valence-electron chi connectivity index (χ3n) is 10.9. The number of aliphatic carboxylic acids is 1. The van der Waals surface area contributed by atoms with Crippen molar-refractivity contribution in [2.45, 2.75) is 149 Å². The molecule has 4 aliphatic heterocycles. The first-order valence-corrected chi connectivity index (χ1v) is 36.2. The standard InChI is InChI=1S/C17H22N2O6S2.C12H22N2O3S2.C10H19NO2S2.C8H14O2S2.C2H7NO.H4N2/c20-16(4-2-1-3-15-9-12-26-27-15)18-10-11-24-17(21)25-14-7-5-13(6-8-14)19(22)23;13-9-12(16)17-7-6-14-11(15)4-2-1-3-10-5-8-18-19-10;12-7-6-11-10(13)4-2-1-3-9-5-8-14-15-9;9-8(10)4-2-1-3-7-5-6-11-12-7;3-1-2-4;1-2/h5-8,15H,1-4,9-12H2,(H,18,20);10H,1-9,13H2,(H,14,15);9,12H,1-8H2,(H,11,13);7H,1-6H2,(H,9,10);4H,1-3H2;1-2H2. The molecule has 14 N–H and O–H groups in total. The molecule has 5 rings (SSSR count). The Kier molecular flexibility index (Phi) is 53.5. The number of carbonyl (C=O) groups excluding carboxylic acids is 5. The first-order valence-electron chi connectivity index (χ1n) is 26.6. The number of amides is 3. The summed E-state index contributed by atoms with van der Waals surface area (Å²) in [6.07, 6.45) is 19.0. The molecule has 0 aromatic heterocycles. The van der Waals surface area contributed by atoms with E-state index in [1.807, 2.05) is 86.4 Å². The minimum atomic E-state index is -0.926. The number of carbonyl (C=O) groups is 6. The van der Waals surface area contributed by atoms with Crippen LogP contribution in [0.3, 0.4) is 0 Å². The van der Waals surface area contributed by atoms with Crippen molar-refractivity contribution in [3.05, 3.63) is 34.4 Å². The van der Waals surface area contributed by atoms with Crippen molar-refractivity contribution in [3.8, 4) is 5.75 Å². The van der Waals surface area contributed by atoms with E-state index in [1.165, 1.54) is 92.2 Å². The molecule has 4 fully saturated rings. The number of aliphatic hydroxyl groups excluding tert-OH is 2. The van der Waals surface area contributed by atoms with Crippen LogP contribution in [0.15, 0.2) is 24.3 Å². The maximum absolute atomic E-state index is 11.7. The second-order valence-corrected chi connectivity index (χ2v) is 28.5. The summed E-state index contributed by atoms with van der Waals surface area (Å²) in [6, 6.07) is 5.08. The Morgan fingerprint density at radius 3 is 1.25 bits per heavy atom. The molecular formula is C49H88N8O14S8. The van der Waals surface area contributed by atoms with Crippen LogP contribution in [0.25, 0.3) is 0 Å². The molecule has 1 aromatic rings. The van der Waals surface area contributed by atoms with Crippen molar-refractivity contribution in [1.82, 2.24) is 16.0 Å². The largest absolute Gasteiger partial charge is 0.513 e. The van der Waals surface area contributed by atoms with Crippen molar-refractivity contribution in [3.63, 3.8) is 0 Å². The lowest BCUT2D eigenvalue weighted by Crippen LogP contribution is -2.29. The van der Waals surface area contributed by atoms with Gasteiger partial charge in [0.2, 0.25) is 17.7 Å². The zero-order valence-electron chi connectivity index (χ0n) is 45.3. The number of benzene rings is 1. The van der Waals surface area contributed by atoms with E-state index in [1.54, 1.807) is 0 Å². The van der Waals surface area contributed by atoms with Crippen molar-refractivity contribution in [2.24, 2.45) is 23.2 Å². The Hall–Kier alpha value is -2.20. The normalized spacial score (nSPS) is 17.6. The lowest BCUT2D eigenvalue weighted by atomic mass is 10.1. The van der Waals surface area contributed by atoms with Gasteiger partial charge in [0, 0.05) is 94.9 Å². The number of nitrogens with one attached hydrogen (secondary N) is 3. The molecule has 456 valence electrons. The Morgan fingerprint density at radius 2 is 0.937 bits per heavy atom. The van der Waals surface area contributed by atoms with Crippen molar-refractivity contribution in [1.29, 1.82) is 0 Å². The van der Waals surface area contributed by atoms with Gasteiger partial charge < -0.3 is 56.9 Å². The Morgan fingerprint density at radius 1 is 0.570 bits per heavy atom. The summed E-state index contributed by atoms with van der Waals surface area (Å²) in [5.74, 6) is 12.1. The number of nitro groups is 1. The van der Waals surface area contributed by atoms with E-state index in [9.17, 15) is 38.9 Å². The molecule has 1 aromatic carbocycles. The van der Waals surface area contributed by atoms with E-state index in [4.69, 9.17) is 41.0 Å². The fourth-order valence-corrected chi connectivity index (χ4v) is 19.0. The van der Waals surface area contributed by atoms with Gasteiger partial charge in [-0.25, -0.2) is 4.79 Å². The fourth-order valence-electron chi connectivity index (χ4n) is 6.84. The van der Waals surface area contributed by atoms with Gasteiger partial charge in [0.1, 0.15) is 19.0 Å². The second-order valence-electron chi connectivity index (χ2n) is 17.4. The molecule has 0 aliphatic carbocycles. The zero-order chi connectivity index (χ0) is 58.6. The third-order valence-corrected chi connectivity index (χ3v) is 23.0. The van der Waals surface area contributed by atoms with Gasteiger partial charge in [-0.15, -0.1) is 0 Å². The van der Waals surface area contributed by atoms with E-state index < -0.39 is 23.0 Å². The Balaban J connectivity index is 0.00000103. The number of unbranched alkanes of at least 4 members (excludes halogenated alkanes) is 4. The number of hydrazine groups is 1. The van der Waals surface area contributed by atoms with Crippen LogP contribution in [0, 0.1) is 10.1 Å². The average Bonchev–Trinajstić information content (AvgIpc) is 4.34. The second kappa shape index (κ2) is 55.0. The van der Waals surface area contributed by atoms with Gasteiger partial charge in [-0.05, 0) is 89.2 Å². The smallest absolute Gasteiger partial charge is 0.481 e. The highest BCUT2D eigenvalue weighted by Gasteiger charge is 2.19. The lowest BCUT2D eigenvalue weighted by Gasteiger charge is -2.08. The number of non-ortho nitro benzene ring substituents is 1. The summed E-state index contributed by atoms with van der Waals surface area (Å²) in [6.45, 7) is 1.52. The molecule has 0 saturated carbocycles. The van der Waals surface area contributed by atoms with Gasteiger partial charge in [-0.2, -0.15) is 0 Å². The quantitative estimate of drug-likeness (QED) is 0.00631. The topological polar surface area (TPSA) is 374 Å². The van der Waals surface area contributed by atoms with E-state index in [-0.39, 0.29) is 68.7 Å². The number of aliphatic hydroxyl groups is 2. The number of hydrogen-bond acceptors (Lipinski definition) is 25. The van der Waals surface area contributed by atoms with Crippen molar-refractivity contribution in [2.75, 3.05) is 82.2 Å². The summed E-state index contributed by atoms with van der Waals surface area (Å²) in [5, 5.41) is 46.4. The van der Waals surface area contributed by atoms with Crippen LogP contribution in [-0.4, -0.2) is 159 Å². The van der Waals surface area contributed by atoms with Crippen molar-refractivity contribution < 1.29 is 63.2 Å². The Bertz CT molecular complexity index is 1740. The van der Waals surface area contributed by atoms with E-state index in [2.05, 4.69) is 27.6 Å². The average molecular weight is 1270 g/mol. The lowest BCUT2D eigenvalue weighted by molar-refractivity contribution is -0.384. The number of carboxylic acid groups (broad SMARTS) is 1. The highest BCUT2D eigenvalue weighted by molar-refractivity contribution is 8.78. The highest BCUT2D eigenvalue weighted by atomic mass is 33.1. The van der Waals surface area contributed by atoms with Gasteiger partial charge in [0.25, 0.3) is 5.69 Å². The van der Waals surface area contributed by atoms with Gasteiger partial charge in [-0.3, -0.25) is 45.8 Å². The summed E-state index contributed by atoms with van der Waals surface area (Å²) >= 11 is 0. The van der Waals surface area contributed by atoms with Gasteiger partial charge in [0.05, 0.1) is 37.8 Å². The van der Waals surface area contributed by atoms with Crippen LogP contribution >= 0.6 is 86.4 Å². The van der Waals surface area contributed by atoms with Crippen LogP contribution in [0.4, 0.5) is 10.5 Å².